The van der Waals surface area contributed by atoms with Gasteiger partial charge in [0, 0.05) is 24.1 Å². The highest BCUT2D eigenvalue weighted by molar-refractivity contribution is 8.01. The highest BCUT2D eigenvalue weighted by Crippen LogP contribution is 2.34. The van der Waals surface area contributed by atoms with Gasteiger partial charge < -0.3 is 9.84 Å². The van der Waals surface area contributed by atoms with Crippen molar-refractivity contribution in [3.05, 3.63) is 66.4 Å². The first-order chi connectivity index (χ1) is 14.0. The van der Waals surface area contributed by atoms with E-state index in [0.717, 1.165) is 16.3 Å². The van der Waals surface area contributed by atoms with Gasteiger partial charge in [-0.05, 0) is 48.4 Å². The van der Waals surface area contributed by atoms with Crippen LogP contribution in [-0.4, -0.2) is 55.9 Å². The van der Waals surface area contributed by atoms with Crippen molar-refractivity contribution in [3.8, 4) is 17.1 Å². The fourth-order valence-corrected chi connectivity index (χ4v) is 3.77. The summed E-state index contributed by atoms with van der Waals surface area (Å²) in [6.07, 6.45) is 10.3. The summed E-state index contributed by atoms with van der Waals surface area (Å²) in [6, 6.07) is 5.49. The van der Waals surface area contributed by atoms with Gasteiger partial charge >= 0.3 is 5.97 Å². The second-order valence-corrected chi connectivity index (χ2v) is 7.51. The van der Waals surface area contributed by atoms with Crippen LogP contribution < -0.4 is 4.74 Å². The Kier molecular flexibility index (Phi) is 6.84. The van der Waals surface area contributed by atoms with Crippen molar-refractivity contribution in [1.29, 1.82) is 0 Å². The van der Waals surface area contributed by atoms with E-state index in [0.29, 0.717) is 18.9 Å². The van der Waals surface area contributed by atoms with Gasteiger partial charge in [-0.2, -0.15) is 5.10 Å². The zero-order valence-electron chi connectivity index (χ0n) is 15.6. The first kappa shape index (κ1) is 20.8. The lowest BCUT2D eigenvalue weighted by atomic mass is 10.1. The topological polar surface area (TPSA) is 91.3 Å². The Balaban J connectivity index is 1.50. The molecule has 0 aliphatic carbocycles. The van der Waals surface area contributed by atoms with E-state index in [2.05, 4.69) is 21.8 Å². The Morgan fingerprint density at radius 2 is 2.34 bits per heavy atom. The van der Waals surface area contributed by atoms with Gasteiger partial charge in [-0.3, -0.25) is 10.1 Å². The van der Waals surface area contributed by atoms with Gasteiger partial charge in [0.25, 0.3) is 0 Å². The maximum absolute atomic E-state index is 14.2. The quantitative estimate of drug-likeness (QED) is 0.476. The van der Waals surface area contributed by atoms with Crippen LogP contribution in [0.2, 0.25) is 0 Å². The van der Waals surface area contributed by atoms with Crippen molar-refractivity contribution in [1.82, 2.24) is 19.5 Å². The van der Waals surface area contributed by atoms with Crippen LogP contribution in [0.5, 0.6) is 5.75 Å². The van der Waals surface area contributed by atoms with Crippen LogP contribution in [0.15, 0.2) is 66.4 Å². The van der Waals surface area contributed by atoms with Crippen molar-refractivity contribution >= 4 is 17.9 Å². The first-order valence-electron chi connectivity index (χ1n) is 8.93. The predicted molar refractivity (Wildman–Crippen MR) is 110 cm³/mol. The highest BCUT2D eigenvalue weighted by Gasteiger charge is 2.45. The van der Waals surface area contributed by atoms with Gasteiger partial charge in [-0.15, -0.1) is 0 Å². The van der Waals surface area contributed by atoms with Crippen molar-refractivity contribution in [3.63, 3.8) is 0 Å². The van der Waals surface area contributed by atoms with Gasteiger partial charge in [-0.1, -0.05) is 12.7 Å². The van der Waals surface area contributed by atoms with E-state index in [4.69, 9.17) is 9.84 Å². The third-order valence-corrected chi connectivity index (χ3v) is 5.28. The van der Waals surface area contributed by atoms with Crippen LogP contribution in [0, 0.1) is 0 Å². The van der Waals surface area contributed by atoms with Crippen molar-refractivity contribution in [2.45, 2.75) is 12.1 Å². The number of hydrogen-bond acceptors (Lipinski definition) is 6. The first-order valence-corrected chi connectivity index (χ1v) is 9.70. The third-order valence-electron chi connectivity index (χ3n) is 4.23. The van der Waals surface area contributed by atoms with E-state index in [1.54, 1.807) is 28.9 Å². The highest BCUT2D eigenvalue weighted by atomic mass is 32.2. The summed E-state index contributed by atoms with van der Waals surface area (Å²) in [6.45, 7) is 4.21. The van der Waals surface area contributed by atoms with Gasteiger partial charge in [0.2, 0.25) is 5.67 Å². The second kappa shape index (κ2) is 9.53. The number of allylic oxidation sites excluding steroid dienone is 3. The maximum atomic E-state index is 14.2. The van der Waals surface area contributed by atoms with Crippen LogP contribution in [0.1, 0.15) is 6.42 Å². The summed E-state index contributed by atoms with van der Waals surface area (Å²) in [5.74, 6) is -0.783. The molecule has 152 valence electrons. The number of rotatable bonds is 9. The summed E-state index contributed by atoms with van der Waals surface area (Å²) in [7, 11) is 0. The number of carbonyl (C=O) groups is 1. The number of nitrogens with zero attached hydrogens (tertiary/aromatic N) is 3. The van der Waals surface area contributed by atoms with Crippen LogP contribution >= 0.6 is 11.9 Å². The third kappa shape index (κ3) is 5.55. The number of carboxylic acids is 1. The smallest absolute Gasteiger partial charge is 0.342 e. The zero-order chi connectivity index (χ0) is 20.7. The predicted octanol–water partition coefficient (Wildman–Crippen LogP) is 3.62. The number of alkyl halides is 1. The largest absolute Gasteiger partial charge is 0.488 e. The number of H-pyrrole nitrogens is 1. The number of hydrogen-bond donors (Lipinski definition) is 2. The lowest BCUT2D eigenvalue weighted by Gasteiger charge is -2.16. The number of aliphatic carboxylic acids is 1. The van der Waals surface area contributed by atoms with Crippen LogP contribution in [0.3, 0.4) is 0 Å². The number of pyridine rings is 1. The number of nitrogens with one attached hydrogen (secondary N) is 1. The monoisotopic (exact) mass is 416 g/mol. The minimum absolute atomic E-state index is 0.0227. The van der Waals surface area contributed by atoms with E-state index < -0.39 is 11.6 Å². The normalized spacial score (nSPS) is 20.2. The van der Waals surface area contributed by atoms with Crippen LogP contribution in [0.25, 0.3) is 11.4 Å². The number of aromatic nitrogens is 3. The molecule has 0 bridgehead atoms. The molecule has 0 aromatic carbocycles. The number of halogens is 1. The molecule has 1 fully saturated rings. The molecular formula is C20H21FN4O3S. The second-order valence-electron chi connectivity index (χ2n) is 6.34. The Hall–Kier alpha value is -2.91. The van der Waals surface area contributed by atoms with E-state index >= 15 is 0 Å². The van der Waals surface area contributed by atoms with Crippen molar-refractivity contribution < 1.29 is 19.0 Å². The van der Waals surface area contributed by atoms with Gasteiger partial charge in [0.15, 0.2) is 0 Å². The number of aromatic amines is 1. The molecule has 7 nitrogen and oxygen atoms in total. The average Bonchev–Trinajstić information content (AvgIpc) is 3.37. The average molecular weight is 416 g/mol. The van der Waals surface area contributed by atoms with Crippen molar-refractivity contribution in [2.24, 2.45) is 0 Å². The molecular weight excluding hydrogens is 395 g/mol. The van der Waals surface area contributed by atoms with Crippen molar-refractivity contribution in [2.75, 3.05) is 19.7 Å². The van der Waals surface area contributed by atoms with Crippen LogP contribution in [0.4, 0.5) is 4.39 Å². The van der Waals surface area contributed by atoms with Gasteiger partial charge in [0.1, 0.15) is 12.4 Å². The zero-order valence-corrected chi connectivity index (χ0v) is 16.4. The Morgan fingerprint density at radius 1 is 1.48 bits per heavy atom. The molecule has 2 aromatic heterocycles. The standard InChI is InChI=1S/C20H21FN4O3S/c1-2-4-16(29-25-11-9-20(21,14-25)19(26)27)5-3-12-28-15-6-7-17(22-13-15)18-8-10-23-24-18/h2-8,10,13H,1,9,11-12,14H2,(H,23,24)(H,26,27)/b5-3+,16-4+. The van der Waals surface area contributed by atoms with E-state index in [-0.39, 0.29) is 13.0 Å². The Bertz CT molecular complexity index is 899. The molecule has 29 heavy (non-hydrogen) atoms. The van der Waals surface area contributed by atoms with E-state index in [9.17, 15) is 9.18 Å². The minimum Gasteiger partial charge on any atom is -0.488 e. The summed E-state index contributed by atoms with van der Waals surface area (Å²) in [5, 5.41) is 15.7. The summed E-state index contributed by atoms with van der Waals surface area (Å²) < 4.78 is 21.5. The van der Waals surface area contributed by atoms with Gasteiger partial charge in [0.05, 0.1) is 24.1 Å². The molecule has 2 aromatic rings. The summed E-state index contributed by atoms with van der Waals surface area (Å²) in [5.41, 5.74) is -0.585. The molecule has 9 heteroatoms. The summed E-state index contributed by atoms with van der Waals surface area (Å²) in [4.78, 5) is 16.2. The molecule has 0 saturated carbocycles. The maximum Gasteiger partial charge on any atom is 0.342 e. The molecule has 0 radical (unpaired) electrons. The number of carboxylic acid groups (broad SMARTS) is 1. The fraction of sp³-hybridized carbons (Fsp3) is 0.250. The molecule has 1 saturated heterocycles. The SMILES string of the molecule is C=C/C=C(\C=C\COc1ccc(-c2ccn[nH]2)nc1)SN1CCC(F)(C(=O)O)C1. The molecule has 1 aliphatic heterocycles. The molecule has 1 aliphatic rings. The summed E-state index contributed by atoms with van der Waals surface area (Å²) >= 11 is 1.30. The molecule has 0 amide bonds. The molecule has 1 unspecified atom stereocenters. The van der Waals surface area contributed by atoms with E-state index in [1.807, 2.05) is 30.4 Å². The van der Waals surface area contributed by atoms with Gasteiger partial charge in [-0.25, -0.2) is 13.5 Å². The Labute approximate surface area is 172 Å². The van der Waals surface area contributed by atoms with E-state index in [1.165, 1.54) is 11.9 Å². The number of ether oxygens (including phenoxy) is 1. The molecule has 3 rings (SSSR count). The molecule has 0 spiro atoms. The Morgan fingerprint density at radius 3 is 2.97 bits per heavy atom. The fourth-order valence-electron chi connectivity index (χ4n) is 2.71. The lowest BCUT2D eigenvalue weighted by molar-refractivity contribution is -0.149. The lowest BCUT2D eigenvalue weighted by Crippen LogP contribution is -2.35. The van der Waals surface area contributed by atoms with Crippen LogP contribution in [-0.2, 0) is 4.79 Å². The minimum atomic E-state index is -2.19. The molecule has 3 heterocycles. The molecule has 1 atom stereocenters. The molecule has 2 N–H and O–H groups in total.